The van der Waals surface area contributed by atoms with Crippen LogP contribution in [-0.4, -0.2) is 17.2 Å². The first-order chi connectivity index (χ1) is 29.8. The highest BCUT2D eigenvalue weighted by molar-refractivity contribution is 7.05. The van der Waals surface area contributed by atoms with Gasteiger partial charge >= 0.3 is 0 Å². The van der Waals surface area contributed by atoms with E-state index < -0.39 is 8.07 Å². The Morgan fingerprint density at radius 2 is 0.738 bits per heavy atom. The molecule has 0 spiro atoms. The van der Waals surface area contributed by atoms with Crippen molar-refractivity contribution in [3.8, 4) is 33.6 Å². The van der Waals surface area contributed by atoms with Crippen LogP contribution in [0.2, 0.25) is 12.1 Å². The molecule has 0 amide bonds. The van der Waals surface area contributed by atoms with E-state index in [-0.39, 0.29) is 0 Å². The maximum Gasteiger partial charge on any atom is 0.119 e. The third-order valence-electron chi connectivity index (χ3n) is 14.1. The molecule has 1 aliphatic rings. The van der Waals surface area contributed by atoms with Crippen molar-refractivity contribution in [2.75, 3.05) is 0 Å². The van der Waals surface area contributed by atoms with Gasteiger partial charge < -0.3 is 9.13 Å². The Morgan fingerprint density at radius 3 is 1.23 bits per heavy atom. The molecule has 0 N–H and O–H groups in total. The molecule has 0 saturated heterocycles. The summed E-state index contributed by atoms with van der Waals surface area (Å²) in [5, 5.41) is 8.67. The molecule has 2 aromatic heterocycles. The molecule has 10 rings (SSSR count). The normalized spacial score (nSPS) is 13.2. The Balaban J connectivity index is 1.08. The third kappa shape index (κ3) is 6.77. The molecule has 1 aliphatic heterocycles. The van der Waals surface area contributed by atoms with E-state index in [2.05, 4.69) is 184 Å². The molecule has 0 radical (unpaired) electrons. The predicted octanol–water partition coefficient (Wildman–Crippen LogP) is 15.5. The number of hydrogen-bond acceptors (Lipinski definition) is 0. The number of nitrogens with zero attached hydrogens (tertiary/aromatic N) is 2. The second-order valence-corrected chi connectivity index (χ2v) is 22.7. The van der Waals surface area contributed by atoms with Gasteiger partial charge in [-0.25, -0.2) is 0 Å². The van der Waals surface area contributed by atoms with Gasteiger partial charge in [-0.3, -0.25) is 0 Å². The highest BCUT2D eigenvalue weighted by Crippen LogP contribution is 2.40. The fourth-order valence-electron chi connectivity index (χ4n) is 11.0. The van der Waals surface area contributed by atoms with Crippen LogP contribution in [-0.2, 0) is 0 Å². The predicted molar refractivity (Wildman–Crippen MR) is 268 cm³/mol. The van der Waals surface area contributed by atoms with Gasteiger partial charge in [0.25, 0.3) is 0 Å². The number of aromatic nitrogens is 2. The first kappa shape index (κ1) is 39.5. The summed E-state index contributed by atoms with van der Waals surface area (Å²) in [4.78, 5) is 0. The van der Waals surface area contributed by atoms with Crippen molar-refractivity contribution in [2.45, 2.75) is 105 Å². The van der Waals surface area contributed by atoms with E-state index in [0.29, 0.717) is 0 Å². The quantitative estimate of drug-likeness (QED) is 0.0811. The molecule has 3 heteroatoms. The Hall–Kier alpha value is -5.64. The van der Waals surface area contributed by atoms with Gasteiger partial charge in [0.2, 0.25) is 0 Å². The summed E-state index contributed by atoms with van der Waals surface area (Å²) in [6.45, 7) is 13.6. The van der Waals surface area contributed by atoms with Crippen LogP contribution in [0.1, 0.15) is 87.5 Å². The lowest BCUT2D eigenvalue weighted by Crippen LogP contribution is -2.55. The second-order valence-electron chi connectivity index (χ2n) is 18.5. The Bertz CT molecular complexity index is 3030. The number of rotatable bonds is 13. The van der Waals surface area contributed by atoms with E-state index in [1.54, 1.807) is 10.4 Å². The minimum atomic E-state index is -1.98. The van der Waals surface area contributed by atoms with Crippen molar-refractivity contribution in [2.24, 2.45) is 0 Å². The summed E-state index contributed by atoms with van der Waals surface area (Å²) in [5.41, 5.74) is 18.3. The van der Waals surface area contributed by atoms with Crippen LogP contribution in [0.4, 0.5) is 0 Å². The van der Waals surface area contributed by atoms with E-state index in [0.717, 1.165) is 0 Å². The molecule has 0 unspecified atom stereocenters. The highest BCUT2D eigenvalue weighted by atomic mass is 28.3. The van der Waals surface area contributed by atoms with E-state index in [1.165, 1.54) is 163 Å². The van der Waals surface area contributed by atoms with Gasteiger partial charge in [0, 0.05) is 32.9 Å². The van der Waals surface area contributed by atoms with Gasteiger partial charge in [0.1, 0.15) is 8.07 Å². The largest absolute Gasteiger partial charge is 0.309 e. The van der Waals surface area contributed by atoms with E-state index in [4.69, 9.17) is 0 Å². The van der Waals surface area contributed by atoms with Crippen LogP contribution < -0.4 is 10.4 Å². The lowest BCUT2D eigenvalue weighted by Gasteiger charge is -2.31. The molecular formula is C58H60N2Si. The summed E-state index contributed by atoms with van der Waals surface area (Å²) >= 11 is 0. The zero-order valence-corrected chi connectivity index (χ0v) is 38.2. The lowest BCUT2D eigenvalue weighted by atomic mass is 9.98. The molecule has 0 aliphatic carbocycles. The van der Waals surface area contributed by atoms with Gasteiger partial charge in [-0.2, -0.15) is 0 Å². The van der Waals surface area contributed by atoms with E-state index in [9.17, 15) is 0 Å². The zero-order chi connectivity index (χ0) is 41.8. The van der Waals surface area contributed by atoms with Crippen molar-refractivity contribution in [3.05, 3.63) is 156 Å². The number of fused-ring (bicyclic) bond motifs is 9. The molecule has 9 aromatic rings. The molecular weight excluding hydrogens is 753 g/mol. The molecule has 0 saturated carbocycles. The maximum absolute atomic E-state index is 2.66. The van der Waals surface area contributed by atoms with Gasteiger partial charge in [0.05, 0.1) is 22.1 Å². The van der Waals surface area contributed by atoms with E-state index in [1.807, 2.05) is 0 Å². The first-order valence-electron chi connectivity index (χ1n) is 23.2. The number of hydrogen-bond donors (Lipinski definition) is 0. The fraction of sp³-hybridized carbons (Fsp3) is 0.276. The molecule has 3 heterocycles. The molecule has 7 aromatic carbocycles. The molecule has 0 atom stereocenters. The van der Waals surface area contributed by atoms with Crippen molar-refractivity contribution in [1.29, 1.82) is 0 Å². The highest BCUT2D eigenvalue weighted by Gasteiger charge is 2.44. The van der Waals surface area contributed by atoms with Crippen LogP contribution in [0.3, 0.4) is 0 Å². The summed E-state index contributed by atoms with van der Waals surface area (Å²) in [6.07, 6.45) is 10.6. The Morgan fingerprint density at radius 1 is 0.361 bits per heavy atom. The summed E-state index contributed by atoms with van der Waals surface area (Å²) in [6, 6.07) is 54.9. The van der Waals surface area contributed by atoms with E-state index >= 15 is 0 Å². The standard InChI is InChI=1S/C58H60N2Si/c1-7-9-11-13-31-61(32-14-12-10-8-2)57-36-42(6)15-25-47(57)48-26-19-44(38-58(48)61)43-20-30-56-52(37-43)51-35-41(5)18-29-55(51)60(56)46-23-21-45(22-24-46)59-53-27-16-39(3)33-49(53)50-34-40(4)17-28-54(50)59/h15-30,33-38H,7-14,31-32H2,1-6H3. The molecule has 0 bridgehead atoms. The first-order valence-corrected chi connectivity index (χ1v) is 25.6. The minimum Gasteiger partial charge on any atom is -0.309 e. The molecule has 306 valence electrons. The molecule has 2 nitrogen and oxygen atoms in total. The van der Waals surface area contributed by atoms with Crippen LogP contribution in [0.25, 0.3) is 77.2 Å². The second kappa shape index (κ2) is 16.0. The van der Waals surface area contributed by atoms with Crippen LogP contribution >= 0.6 is 0 Å². The average Bonchev–Trinajstić information content (AvgIpc) is 3.86. The monoisotopic (exact) mass is 812 g/mol. The third-order valence-corrected chi connectivity index (χ3v) is 19.4. The van der Waals surface area contributed by atoms with Gasteiger partial charge in [-0.15, -0.1) is 0 Å². The Kier molecular flexibility index (Phi) is 10.4. The van der Waals surface area contributed by atoms with Crippen LogP contribution in [0.15, 0.2) is 133 Å². The zero-order valence-electron chi connectivity index (χ0n) is 37.2. The van der Waals surface area contributed by atoms with Crippen LogP contribution in [0, 0.1) is 27.7 Å². The average molecular weight is 813 g/mol. The minimum absolute atomic E-state index is 1.18. The van der Waals surface area contributed by atoms with Crippen molar-refractivity contribution in [1.82, 2.24) is 9.13 Å². The number of aryl methyl sites for hydroxylation is 4. The van der Waals surface area contributed by atoms with Gasteiger partial charge in [-0.1, -0.05) is 148 Å². The number of benzene rings is 7. The van der Waals surface area contributed by atoms with Gasteiger partial charge in [0.15, 0.2) is 0 Å². The van der Waals surface area contributed by atoms with Crippen LogP contribution in [0.5, 0.6) is 0 Å². The smallest absolute Gasteiger partial charge is 0.119 e. The van der Waals surface area contributed by atoms with Crippen molar-refractivity contribution < 1.29 is 0 Å². The van der Waals surface area contributed by atoms with Crippen molar-refractivity contribution in [3.63, 3.8) is 0 Å². The fourth-order valence-corrected chi connectivity index (χ4v) is 16.8. The van der Waals surface area contributed by atoms with Crippen molar-refractivity contribution >= 4 is 62.1 Å². The lowest BCUT2D eigenvalue weighted by molar-refractivity contribution is 0.684. The Labute approximate surface area is 363 Å². The summed E-state index contributed by atoms with van der Waals surface area (Å²) < 4.78 is 4.90. The topological polar surface area (TPSA) is 9.86 Å². The number of unbranched alkanes of at least 4 members (excludes halogenated alkanes) is 6. The molecule has 0 fully saturated rings. The summed E-state index contributed by atoms with van der Waals surface area (Å²) in [5.74, 6) is 0. The SMILES string of the molecule is CCCCCC[Si]1(CCCCCC)c2cc(C)ccc2-c2ccc(-c3ccc4c(c3)c3cc(C)ccc3n4-c3ccc(-n4c5ccc(C)cc5c5cc(C)ccc54)cc3)cc21. The maximum atomic E-state index is 2.66. The summed E-state index contributed by atoms with van der Waals surface area (Å²) in [7, 11) is -1.98. The molecule has 61 heavy (non-hydrogen) atoms. The van der Waals surface area contributed by atoms with Gasteiger partial charge in [-0.05, 0) is 145 Å².